The zero-order valence-electron chi connectivity index (χ0n) is 3.96. The van der Waals surface area contributed by atoms with Crippen molar-refractivity contribution in [1.29, 1.82) is 5.26 Å². The molecule has 0 aromatic rings. The number of nitriles is 1. The predicted molar refractivity (Wildman–Crippen MR) is 30.4 cm³/mol. The van der Waals surface area contributed by atoms with Crippen molar-refractivity contribution in [1.82, 2.24) is 4.67 Å². The van der Waals surface area contributed by atoms with Crippen LogP contribution in [0.3, 0.4) is 0 Å². The number of hydrogen-bond donors (Lipinski definition) is 0. The molecule has 1 heterocycles. The third-order valence-electron chi connectivity index (χ3n) is 1.09. The molecule has 0 spiro atoms. The van der Waals surface area contributed by atoms with E-state index in [2.05, 4.69) is 15.5 Å². The highest BCUT2D eigenvalue weighted by Gasteiger charge is 2.21. The monoisotopic (exact) mass is 114 g/mol. The van der Waals surface area contributed by atoms with Crippen LogP contribution in [0, 0.1) is 17.2 Å². The molecule has 2 nitrogen and oxygen atoms in total. The smallest absolute Gasteiger partial charge is 0.0723 e. The van der Waals surface area contributed by atoms with Gasteiger partial charge in [-0.05, 0) is 0 Å². The Bertz CT molecular complexity index is 101. The third kappa shape index (κ3) is 0.907. The molecule has 3 heteroatoms. The average Bonchev–Trinajstić information content (AvgIpc) is 1.58. The van der Waals surface area contributed by atoms with E-state index >= 15 is 0 Å². The van der Waals surface area contributed by atoms with Crippen LogP contribution in [0.4, 0.5) is 0 Å². The van der Waals surface area contributed by atoms with Crippen LogP contribution in [0.25, 0.3) is 0 Å². The van der Waals surface area contributed by atoms with Gasteiger partial charge in [-0.3, -0.25) is 4.67 Å². The molecule has 0 aliphatic carbocycles. The van der Waals surface area contributed by atoms with Crippen molar-refractivity contribution in [3.63, 3.8) is 0 Å². The molecular weight excluding hydrogens is 107 g/mol. The fraction of sp³-hybridized carbons (Fsp3) is 0.750. The van der Waals surface area contributed by atoms with E-state index in [1.54, 1.807) is 0 Å². The minimum atomic E-state index is 0.303. The number of hydrogen-bond acceptors (Lipinski definition) is 2. The Labute approximate surface area is 45.4 Å². The Balaban J connectivity index is 2.21. The number of rotatable bonds is 0. The minimum Gasteiger partial charge on any atom is -0.285 e. The lowest BCUT2D eigenvalue weighted by atomic mass is 10.1. The summed E-state index contributed by atoms with van der Waals surface area (Å²) in [7, 11) is 2.56. The maximum Gasteiger partial charge on any atom is 0.0723 e. The standard InChI is InChI=1S/C4H7N2P/c5-1-4-2-6(7)3-4/h4H,2-3,7H2. The summed E-state index contributed by atoms with van der Waals surface area (Å²) in [5.74, 6) is 0.303. The van der Waals surface area contributed by atoms with Gasteiger partial charge in [0.1, 0.15) is 0 Å². The van der Waals surface area contributed by atoms with E-state index in [0.29, 0.717) is 5.92 Å². The second kappa shape index (κ2) is 1.78. The molecule has 7 heavy (non-hydrogen) atoms. The summed E-state index contributed by atoms with van der Waals surface area (Å²) in [6, 6.07) is 2.18. The van der Waals surface area contributed by atoms with Crippen LogP contribution in [-0.2, 0) is 0 Å². The molecule has 0 radical (unpaired) electrons. The second-order valence-corrected chi connectivity index (χ2v) is 2.51. The first kappa shape index (κ1) is 5.03. The molecule has 1 atom stereocenters. The molecule has 38 valence electrons. The van der Waals surface area contributed by atoms with Gasteiger partial charge in [0.15, 0.2) is 0 Å². The molecular formula is C4H7N2P. The van der Waals surface area contributed by atoms with E-state index in [1.807, 2.05) is 4.67 Å². The highest BCUT2D eigenvalue weighted by Crippen LogP contribution is 2.17. The highest BCUT2D eigenvalue weighted by molar-refractivity contribution is 7.13. The molecule has 0 amide bonds. The summed E-state index contributed by atoms with van der Waals surface area (Å²) in [6.45, 7) is 1.86. The lowest BCUT2D eigenvalue weighted by Crippen LogP contribution is -2.38. The van der Waals surface area contributed by atoms with Gasteiger partial charge < -0.3 is 0 Å². The van der Waals surface area contributed by atoms with Crippen LogP contribution >= 0.6 is 9.39 Å². The first-order valence-corrected chi connectivity index (χ1v) is 2.74. The Kier molecular flexibility index (Phi) is 1.27. The molecule has 1 unspecified atom stereocenters. The van der Waals surface area contributed by atoms with Crippen molar-refractivity contribution >= 4 is 9.39 Å². The number of nitrogens with zero attached hydrogens (tertiary/aromatic N) is 2. The Morgan fingerprint density at radius 2 is 2.29 bits per heavy atom. The lowest BCUT2D eigenvalue weighted by molar-refractivity contribution is 0.272. The second-order valence-electron chi connectivity index (χ2n) is 1.78. The maximum absolute atomic E-state index is 8.22. The maximum atomic E-state index is 8.22. The van der Waals surface area contributed by atoms with Crippen LogP contribution in [0.15, 0.2) is 0 Å². The highest BCUT2D eigenvalue weighted by atomic mass is 31.0. The fourth-order valence-corrected chi connectivity index (χ4v) is 1.10. The zero-order chi connectivity index (χ0) is 5.28. The largest absolute Gasteiger partial charge is 0.285 e. The summed E-state index contributed by atoms with van der Waals surface area (Å²) in [5, 5.41) is 8.22. The summed E-state index contributed by atoms with van der Waals surface area (Å²) in [6.07, 6.45) is 0. The van der Waals surface area contributed by atoms with Crippen molar-refractivity contribution in [3.05, 3.63) is 0 Å². The lowest BCUT2D eigenvalue weighted by Gasteiger charge is -2.30. The molecule has 1 fully saturated rings. The van der Waals surface area contributed by atoms with Crippen LogP contribution < -0.4 is 0 Å². The molecule has 1 aliphatic heterocycles. The summed E-state index contributed by atoms with van der Waals surface area (Å²) in [5.41, 5.74) is 0. The van der Waals surface area contributed by atoms with Gasteiger partial charge in [0, 0.05) is 13.1 Å². The molecule has 1 aliphatic rings. The van der Waals surface area contributed by atoms with Gasteiger partial charge in [0.2, 0.25) is 0 Å². The van der Waals surface area contributed by atoms with Gasteiger partial charge in [-0.25, -0.2) is 0 Å². The van der Waals surface area contributed by atoms with Gasteiger partial charge in [0.25, 0.3) is 0 Å². The average molecular weight is 114 g/mol. The summed E-state index contributed by atoms with van der Waals surface area (Å²) >= 11 is 0. The topological polar surface area (TPSA) is 27.0 Å². The van der Waals surface area contributed by atoms with E-state index in [4.69, 9.17) is 5.26 Å². The van der Waals surface area contributed by atoms with Crippen LogP contribution in [0.2, 0.25) is 0 Å². The van der Waals surface area contributed by atoms with Crippen molar-refractivity contribution in [2.45, 2.75) is 0 Å². The molecule has 0 aromatic carbocycles. The van der Waals surface area contributed by atoms with Crippen molar-refractivity contribution in [2.75, 3.05) is 13.1 Å². The first-order valence-electron chi connectivity index (χ1n) is 2.22. The van der Waals surface area contributed by atoms with Gasteiger partial charge in [0.05, 0.1) is 12.0 Å². The normalized spacial score (nSPS) is 23.4. The van der Waals surface area contributed by atoms with Crippen LogP contribution in [0.5, 0.6) is 0 Å². The first-order chi connectivity index (χ1) is 3.33. The molecule has 0 aromatic heterocycles. The zero-order valence-corrected chi connectivity index (χ0v) is 5.12. The van der Waals surface area contributed by atoms with Gasteiger partial charge >= 0.3 is 0 Å². The molecule has 0 bridgehead atoms. The molecule has 0 N–H and O–H groups in total. The Hall–Kier alpha value is -0.120. The van der Waals surface area contributed by atoms with Crippen molar-refractivity contribution < 1.29 is 0 Å². The SMILES string of the molecule is N#CC1CN(P)C1. The van der Waals surface area contributed by atoms with Gasteiger partial charge in [-0.1, -0.05) is 9.39 Å². The van der Waals surface area contributed by atoms with E-state index in [9.17, 15) is 0 Å². The Morgan fingerprint density at radius 3 is 2.43 bits per heavy atom. The van der Waals surface area contributed by atoms with E-state index in [0.717, 1.165) is 13.1 Å². The summed E-state index contributed by atoms with van der Waals surface area (Å²) in [4.78, 5) is 0. The molecule has 1 rings (SSSR count). The van der Waals surface area contributed by atoms with E-state index in [1.165, 1.54) is 0 Å². The summed E-state index contributed by atoms with van der Waals surface area (Å²) < 4.78 is 2.05. The van der Waals surface area contributed by atoms with Gasteiger partial charge in [-0.2, -0.15) is 5.26 Å². The third-order valence-corrected chi connectivity index (χ3v) is 1.51. The Morgan fingerprint density at radius 1 is 1.71 bits per heavy atom. The van der Waals surface area contributed by atoms with Crippen LogP contribution in [-0.4, -0.2) is 17.8 Å². The molecule has 0 saturated carbocycles. The van der Waals surface area contributed by atoms with Crippen molar-refractivity contribution in [3.8, 4) is 6.07 Å². The van der Waals surface area contributed by atoms with Crippen LogP contribution in [0.1, 0.15) is 0 Å². The fourth-order valence-electron chi connectivity index (χ4n) is 0.594. The quantitative estimate of drug-likeness (QED) is 0.421. The van der Waals surface area contributed by atoms with Gasteiger partial charge in [-0.15, -0.1) is 0 Å². The van der Waals surface area contributed by atoms with Crippen molar-refractivity contribution in [2.24, 2.45) is 5.92 Å². The minimum absolute atomic E-state index is 0.303. The van der Waals surface area contributed by atoms with E-state index in [-0.39, 0.29) is 0 Å². The molecule has 1 saturated heterocycles. The predicted octanol–water partition coefficient (Wildman–Crippen LogP) is 0.232. The van der Waals surface area contributed by atoms with E-state index < -0.39 is 0 Å².